The van der Waals surface area contributed by atoms with Crippen LogP contribution in [0.1, 0.15) is 63.5 Å². The predicted octanol–water partition coefficient (Wildman–Crippen LogP) is 2.38. The zero-order valence-electron chi connectivity index (χ0n) is 18.9. The summed E-state index contributed by atoms with van der Waals surface area (Å²) in [5.74, 6) is 0.943. The Morgan fingerprint density at radius 2 is 2.03 bits per heavy atom. The van der Waals surface area contributed by atoms with Crippen molar-refractivity contribution in [3.8, 4) is 0 Å². The molecule has 2 fully saturated rings. The van der Waals surface area contributed by atoms with E-state index in [9.17, 15) is 0 Å². The number of likely N-dealkylation sites (tertiary alicyclic amines) is 1. The number of hydrogen-bond donors (Lipinski definition) is 2. The molecule has 0 spiro atoms. The van der Waals surface area contributed by atoms with Crippen LogP contribution in [-0.4, -0.2) is 77.9 Å². The van der Waals surface area contributed by atoms with Crippen LogP contribution in [0.15, 0.2) is 17.4 Å². The molecular formula is C22H41N7. The van der Waals surface area contributed by atoms with Crippen molar-refractivity contribution in [3.05, 3.63) is 18.0 Å². The van der Waals surface area contributed by atoms with Crippen molar-refractivity contribution in [2.24, 2.45) is 12.0 Å². The molecule has 1 aliphatic carbocycles. The third-order valence-electron chi connectivity index (χ3n) is 6.38. The highest BCUT2D eigenvalue weighted by Crippen LogP contribution is 2.25. The van der Waals surface area contributed by atoms with Gasteiger partial charge in [-0.1, -0.05) is 19.3 Å². The summed E-state index contributed by atoms with van der Waals surface area (Å²) in [6.45, 7) is 6.14. The van der Waals surface area contributed by atoms with E-state index in [1.165, 1.54) is 57.1 Å². The molecule has 1 aromatic heterocycles. The lowest BCUT2D eigenvalue weighted by Gasteiger charge is -2.40. The quantitative estimate of drug-likeness (QED) is 0.541. The highest BCUT2D eigenvalue weighted by Gasteiger charge is 2.27. The molecule has 2 heterocycles. The fourth-order valence-electron chi connectivity index (χ4n) is 4.77. The van der Waals surface area contributed by atoms with Crippen molar-refractivity contribution < 1.29 is 0 Å². The van der Waals surface area contributed by atoms with Gasteiger partial charge in [0.2, 0.25) is 0 Å². The largest absolute Gasteiger partial charge is 0.357 e. The molecule has 1 aliphatic heterocycles. The Hall–Kier alpha value is -1.60. The van der Waals surface area contributed by atoms with Crippen LogP contribution in [0.3, 0.4) is 0 Å². The third-order valence-corrected chi connectivity index (χ3v) is 6.38. The highest BCUT2D eigenvalue weighted by atomic mass is 15.3. The lowest BCUT2D eigenvalue weighted by atomic mass is 9.92. The minimum Gasteiger partial charge on any atom is -0.357 e. The van der Waals surface area contributed by atoms with E-state index in [0.717, 1.165) is 25.1 Å². The van der Waals surface area contributed by atoms with E-state index in [1.54, 1.807) is 0 Å². The molecule has 1 aromatic rings. The predicted molar refractivity (Wildman–Crippen MR) is 120 cm³/mol. The Morgan fingerprint density at radius 3 is 2.69 bits per heavy atom. The van der Waals surface area contributed by atoms with Crippen molar-refractivity contribution in [3.63, 3.8) is 0 Å². The molecule has 2 N–H and O–H groups in total. The van der Waals surface area contributed by atoms with Gasteiger partial charge in [-0.3, -0.25) is 14.6 Å². The number of piperidine rings is 1. The molecule has 1 saturated carbocycles. The summed E-state index contributed by atoms with van der Waals surface area (Å²) in [6, 6.07) is 1.51. The van der Waals surface area contributed by atoms with Crippen LogP contribution < -0.4 is 10.6 Å². The van der Waals surface area contributed by atoms with E-state index in [2.05, 4.69) is 52.7 Å². The van der Waals surface area contributed by atoms with Crippen molar-refractivity contribution in [2.75, 3.05) is 40.3 Å². The van der Waals surface area contributed by atoms with Crippen LogP contribution >= 0.6 is 0 Å². The molecule has 7 nitrogen and oxygen atoms in total. The first-order chi connectivity index (χ1) is 14.1. The first-order valence-corrected chi connectivity index (χ1v) is 11.5. The maximum absolute atomic E-state index is 4.95. The van der Waals surface area contributed by atoms with Crippen molar-refractivity contribution in [1.82, 2.24) is 30.2 Å². The maximum Gasteiger partial charge on any atom is 0.191 e. The number of nitrogens with one attached hydrogen (secondary N) is 2. The van der Waals surface area contributed by atoms with Crippen LogP contribution in [0.5, 0.6) is 0 Å². The van der Waals surface area contributed by atoms with Gasteiger partial charge >= 0.3 is 0 Å². The summed E-state index contributed by atoms with van der Waals surface area (Å²) in [4.78, 5) is 9.91. The number of aryl methyl sites for hydroxylation is 1. The van der Waals surface area contributed by atoms with Gasteiger partial charge in [0.05, 0.1) is 18.8 Å². The second-order valence-corrected chi connectivity index (χ2v) is 8.92. The Kier molecular flexibility index (Phi) is 8.36. The molecule has 2 unspecified atom stereocenters. The maximum atomic E-state index is 4.95. The molecule has 29 heavy (non-hydrogen) atoms. The number of guanidine groups is 1. The molecule has 164 valence electrons. The molecule has 7 heteroatoms. The van der Waals surface area contributed by atoms with Crippen molar-refractivity contribution in [2.45, 2.75) is 70.0 Å². The molecule has 2 atom stereocenters. The average Bonchev–Trinajstić information content (AvgIpc) is 3.15. The fraction of sp³-hybridized carbons (Fsp3) is 0.818. The second-order valence-electron chi connectivity index (χ2n) is 8.92. The summed E-state index contributed by atoms with van der Waals surface area (Å²) in [6.07, 6.45) is 13.6. The third kappa shape index (κ3) is 6.44. The molecule has 2 aliphatic rings. The van der Waals surface area contributed by atoms with E-state index in [-0.39, 0.29) is 6.04 Å². The van der Waals surface area contributed by atoms with E-state index in [0.29, 0.717) is 12.6 Å². The molecule has 0 amide bonds. The Bertz CT molecular complexity index is 633. The minimum atomic E-state index is 0.226. The van der Waals surface area contributed by atoms with Crippen molar-refractivity contribution in [1.29, 1.82) is 0 Å². The van der Waals surface area contributed by atoms with Crippen LogP contribution in [0.4, 0.5) is 0 Å². The summed E-state index contributed by atoms with van der Waals surface area (Å²) < 4.78 is 1.86. The van der Waals surface area contributed by atoms with Gasteiger partial charge in [0.1, 0.15) is 0 Å². The van der Waals surface area contributed by atoms with E-state index >= 15 is 0 Å². The van der Waals surface area contributed by atoms with Gasteiger partial charge in [0, 0.05) is 44.0 Å². The Morgan fingerprint density at radius 1 is 1.24 bits per heavy atom. The van der Waals surface area contributed by atoms with Crippen LogP contribution in [-0.2, 0) is 7.05 Å². The van der Waals surface area contributed by atoms with Gasteiger partial charge < -0.3 is 15.5 Å². The topological polar surface area (TPSA) is 60.7 Å². The van der Waals surface area contributed by atoms with Crippen LogP contribution in [0, 0.1) is 0 Å². The smallest absolute Gasteiger partial charge is 0.191 e. The summed E-state index contributed by atoms with van der Waals surface area (Å²) in [5, 5.41) is 11.5. The van der Waals surface area contributed by atoms with Crippen molar-refractivity contribution >= 4 is 5.96 Å². The van der Waals surface area contributed by atoms with Gasteiger partial charge in [0.15, 0.2) is 5.96 Å². The monoisotopic (exact) mass is 403 g/mol. The summed E-state index contributed by atoms with van der Waals surface area (Å²) in [5.41, 5.74) is 1.21. The molecule has 0 aromatic carbocycles. The first kappa shape index (κ1) is 22.1. The lowest BCUT2D eigenvalue weighted by Crippen LogP contribution is -2.53. The number of rotatable bonds is 7. The minimum absolute atomic E-state index is 0.226. The number of hydrogen-bond acceptors (Lipinski definition) is 4. The molecule has 0 bridgehead atoms. The molecular weight excluding hydrogens is 362 g/mol. The first-order valence-electron chi connectivity index (χ1n) is 11.5. The van der Waals surface area contributed by atoms with Crippen LogP contribution in [0.2, 0.25) is 0 Å². The zero-order chi connectivity index (χ0) is 20.6. The van der Waals surface area contributed by atoms with E-state index in [1.807, 2.05) is 17.9 Å². The van der Waals surface area contributed by atoms with Gasteiger partial charge in [-0.2, -0.15) is 5.10 Å². The number of aromatic nitrogens is 2. The summed E-state index contributed by atoms with van der Waals surface area (Å²) >= 11 is 0. The Balaban J connectivity index is 1.60. The fourth-order valence-corrected chi connectivity index (χ4v) is 4.77. The van der Waals surface area contributed by atoms with E-state index in [4.69, 9.17) is 4.99 Å². The number of aliphatic imine (C=N–C) groups is 1. The molecule has 0 radical (unpaired) electrons. The zero-order valence-corrected chi connectivity index (χ0v) is 18.9. The van der Waals surface area contributed by atoms with Gasteiger partial charge in [-0.05, 0) is 53.2 Å². The second kappa shape index (κ2) is 11.0. The standard InChI is InChI=1S/C22H41N7/c1-5-23-22(24-15-21(27(2)3)18-14-25-28(4)16-18)26-19-10-9-13-29(17-19)20-11-7-6-8-12-20/h14,16,19-21H,5-13,15,17H2,1-4H3,(H2,23,24,26). The van der Waals surface area contributed by atoms with Gasteiger partial charge in [0.25, 0.3) is 0 Å². The molecule has 1 saturated heterocycles. The van der Waals surface area contributed by atoms with Crippen LogP contribution in [0.25, 0.3) is 0 Å². The number of nitrogens with zero attached hydrogens (tertiary/aromatic N) is 5. The molecule has 3 rings (SSSR count). The summed E-state index contributed by atoms with van der Waals surface area (Å²) in [7, 11) is 6.18. The van der Waals surface area contributed by atoms with E-state index < -0.39 is 0 Å². The normalized spacial score (nSPS) is 23.3. The van der Waals surface area contributed by atoms with Gasteiger partial charge in [-0.25, -0.2) is 0 Å². The highest BCUT2D eigenvalue weighted by molar-refractivity contribution is 5.80. The SMILES string of the molecule is CCNC(=NCC(c1cnn(C)c1)N(C)C)NC1CCCN(C2CCCCC2)C1. The Labute approximate surface area is 176 Å². The van der Waals surface area contributed by atoms with Gasteiger partial charge in [-0.15, -0.1) is 0 Å². The average molecular weight is 404 g/mol. The number of likely N-dealkylation sites (N-methyl/N-ethyl adjacent to an activating group) is 1. The lowest BCUT2D eigenvalue weighted by molar-refractivity contribution is 0.115.